The largest absolute Gasteiger partial charge is 0.466 e. The van der Waals surface area contributed by atoms with Crippen molar-refractivity contribution in [2.45, 2.75) is 25.2 Å². The number of carbonyl (C=O) groups excluding carboxylic acids is 1. The number of hydrogen-bond donors (Lipinski definition) is 0. The fraction of sp³-hybridized carbons (Fsp3) is 0.462. The lowest BCUT2D eigenvalue weighted by atomic mass is 10.1. The molecule has 0 amide bonds. The number of rotatable bonds is 7. The SMILES string of the molecule is CCOCS(=O)(=O)c1ccc(CC(=O)OCC)cc1. The second kappa shape index (κ2) is 7.25. The Balaban J connectivity index is 2.73. The standard InChI is InChI=1S/C13H18O5S/c1-3-17-10-19(15,16)12-7-5-11(6-8-12)9-13(14)18-4-2/h5-8H,3-4,9-10H2,1-2H3. The quantitative estimate of drug-likeness (QED) is 0.711. The molecule has 106 valence electrons. The average Bonchev–Trinajstić information content (AvgIpc) is 2.37. The summed E-state index contributed by atoms with van der Waals surface area (Å²) in [5, 5.41) is 0. The molecule has 0 aromatic heterocycles. The topological polar surface area (TPSA) is 69.7 Å². The molecule has 0 atom stereocenters. The molecule has 0 fully saturated rings. The van der Waals surface area contributed by atoms with Gasteiger partial charge in [-0.2, -0.15) is 0 Å². The van der Waals surface area contributed by atoms with Gasteiger partial charge in [-0.15, -0.1) is 0 Å². The van der Waals surface area contributed by atoms with E-state index in [-0.39, 0.29) is 23.2 Å². The van der Waals surface area contributed by atoms with Gasteiger partial charge in [0, 0.05) is 6.61 Å². The number of hydrogen-bond acceptors (Lipinski definition) is 5. The van der Waals surface area contributed by atoms with E-state index in [0.717, 1.165) is 0 Å². The Bertz CT molecular complexity index is 504. The minimum Gasteiger partial charge on any atom is -0.466 e. The van der Waals surface area contributed by atoms with Crippen LogP contribution in [-0.2, 0) is 30.5 Å². The molecule has 0 aliphatic heterocycles. The van der Waals surface area contributed by atoms with Crippen molar-refractivity contribution in [3.05, 3.63) is 29.8 Å². The van der Waals surface area contributed by atoms with Gasteiger partial charge in [-0.25, -0.2) is 8.42 Å². The first-order chi connectivity index (χ1) is 8.99. The molecule has 0 aliphatic carbocycles. The fourth-order valence-electron chi connectivity index (χ4n) is 1.45. The lowest BCUT2D eigenvalue weighted by Gasteiger charge is -2.06. The van der Waals surface area contributed by atoms with Crippen molar-refractivity contribution in [2.24, 2.45) is 0 Å². The Morgan fingerprint density at radius 2 is 1.74 bits per heavy atom. The summed E-state index contributed by atoms with van der Waals surface area (Å²) in [6.07, 6.45) is 0.139. The van der Waals surface area contributed by atoms with Crippen molar-refractivity contribution in [1.29, 1.82) is 0 Å². The second-order valence-corrected chi connectivity index (χ2v) is 5.79. The number of ether oxygens (including phenoxy) is 2. The van der Waals surface area contributed by atoms with Gasteiger partial charge in [0.25, 0.3) is 0 Å². The summed E-state index contributed by atoms with van der Waals surface area (Å²) >= 11 is 0. The number of sulfone groups is 1. The summed E-state index contributed by atoms with van der Waals surface area (Å²) in [6, 6.07) is 6.16. The van der Waals surface area contributed by atoms with Crippen LogP contribution >= 0.6 is 0 Å². The molecule has 1 rings (SSSR count). The van der Waals surface area contributed by atoms with Gasteiger partial charge in [-0.1, -0.05) is 12.1 Å². The van der Waals surface area contributed by atoms with Crippen LogP contribution in [0, 0.1) is 0 Å². The fourth-order valence-corrected chi connectivity index (χ4v) is 2.53. The molecule has 5 nitrogen and oxygen atoms in total. The highest BCUT2D eigenvalue weighted by Crippen LogP contribution is 2.13. The highest BCUT2D eigenvalue weighted by atomic mass is 32.2. The molecular formula is C13H18O5S. The maximum absolute atomic E-state index is 11.8. The van der Waals surface area contributed by atoms with Gasteiger partial charge in [0.1, 0.15) is 0 Å². The predicted octanol–water partition coefficient (Wildman–Crippen LogP) is 1.56. The van der Waals surface area contributed by atoms with Crippen LogP contribution in [0.25, 0.3) is 0 Å². The van der Waals surface area contributed by atoms with Crippen LogP contribution < -0.4 is 0 Å². The minimum atomic E-state index is -3.42. The van der Waals surface area contributed by atoms with Crippen LogP contribution in [0.5, 0.6) is 0 Å². The third kappa shape index (κ3) is 5.00. The Labute approximate surface area is 113 Å². The van der Waals surface area contributed by atoms with Crippen molar-refractivity contribution in [3.8, 4) is 0 Å². The molecule has 0 aliphatic rings. The van der Waals surface area contributed by atoms with Crippen LogP contribution in [0.2, 0.25) is 0 Å². The molecule has 6 heteroatoms. The first-order valence-corrected chi connectivity index (χ1v) is 7.70. The van der Waals surface area contributed by atoms with E-state index in [9.17, 15) is 13.2 Å². The summed E-state index contributed by atoms with van der Waals surface area (Å²) < 4.78 is 33.4. The maximum atomic E-state index is 11.8. The van der Waals surface area contributed by atoms with Gasteiger partial charge in [-0.3, -0.25) is 4.79 Å². The van der Waals surface area contributed by atoms with E-state index < -0.39 is 9.84 Å². The van der Waals surface area contributed by atoms with Crippen LogP contribution in [0.1, 0.15) is 19.4 Å². The Kier molecular flexibility index (Phi) is 5.98. The highest BCUT2D eigenvalue weighted by Gasteiger charge is 2.14. The molecule has 1 aromatic rings. The molecule has 0 bridgehead atoms. The summed E-state index contributed by atoms with van der Waals surface area (Å²) in [7, 11) is -3.42. The molecule has 0 radical (unpaired) electrons. The lowest BCUT2D eigenvalue weighted by molar-refractivity contribution is -0.142. The molecule has 0 saturated carbocycles. The van der Waals surface area contributed by atoms with Gasteiger partial charge < -0.3 is 9.47 Å². The Morgan fingerprint density at radius 1 is 1.11 bits per heavy atom. The van der Waals surface area contributed by atoms with Crippen molar-refractivity contribution < 1.29 is 22.7 Å². The zero-order valence-electron chi connectivity index (χ0n) is 11.1. The molecule has 0 heterocycles. The second-order valence-electron chi connectivity index (χ2n) is 3.85. The van der Waals surface area contributed by atoms with Gasteiger partial charge in [0.2, 0.25) is 9.84 Å². The maximum Gasteiger partial charge on any atom is 0.310 e. The van der Waals surface area contributed by atoms with E-state index in [2.05, 4.69) is 0 Å². The van der Waals surface area contributed by atoms with Gasteiger partial charge in [0.15, 0.2) is 5.94 Å². The van der Waals surface area contributed by atoms with Crippen molar-refractivity contribution in [2.75, 3.05) is 19.2 Å². The van der Waals surface area contributed by atoms with Crippen LogP contribution in [-0.4, -0.2) is 33.5 Å². The van der Waals surface area contributed by atoms with Crippen LogP contribution in [0.3, 0.4) is 0 Å². The van der Waals surface area contributed by atoms with Gasteiger partial charge in [-0.05, 0) is 31.5 Å². The van der Waals surface area contributed by atoms with Crippen LogP contribution in [0.15, 0.2) is 29.2 Å². The number of esters is 1. The summed E-state index contributed by atoms with van der Waals surface area (Å²) in [6.45, 7) is 4.15. The smallest absolute Gasteiger partial charge is 0.310 e. The molecular weight excluding hydrogens is 268 g/mol. The van der Waals surface area contributed by atoms with E-state index in [1.807, 2.05) is 0 Å². The van der Waals surface area contributed by atoms with Crippen LogP contribution in [0.4, 0.5) is 0 Å². The molecule has 0 N–H and O–H groups in total. The summed E-state index contributed by atoms with van der Waals surface area (Å²) in [5.41, 5.74) is 0.716. The van der Waals surface area contributed by atoms with Crippen molar-refractivity contribution in [3.63, 3.8) is 0 Å². The molecule has 0 spiro atoms. The number of benzene rings is 1. The third-order valence-electron chi connectivity index (χ3n) is 2.38. The van der Waals surface area contributed by atoms with E-state index in [1.165, 1.54) is 12.1 Å². The monoisotopic (exact) mass is 286 g/mol. The first kappa shape index (κ1) is 15.7. The summed E-state index contributed by atoms with van der Waals surface area (Å²) in [4.78, 5) is 11.5. The van der Waals surface area contributed by atoms with Crippen molar-refractivity contribution >= 4 is 15.8 Å². The molecule has 0 saturated heterocycles. The van der Waals surface area contributed by atoms with Crippen molar-refractivity contribution in [1.82, 2.24) is 0 Å². The summed E-state index contributed by atoms with van der Waals surface area (Å²) in [5.74, 6) is -0.659. The molecule has 1 aromatic carbocycles. The molecule has 0 unspecified atom stereocenters. The minimum absolute atomic E-state index is 0.139. The average molecular weight is 286 g/mol. The van der Waals surface area contributed by atoms with E-state index in [4.69, 9.17) is 9.47 Å². The normalized spacial score (nSPS) is 11.3. The van der Waals surface area contributed by atoms with E-state index >= 15 is 0 Å². The predicted molar refractivity (Wildman–Crippen MR) is 70.5 cm³/mol. The lowest BCUT2D eigenvalue weighted by Crippen LogP contribution is -2.11. The third-order valence-corrected chi connectivity index (χ3v) is 3.85. The highest BCUT2D eigenvalue weighted by molar-refractivity contribution is 7.91. The first-order valence-electron chi connectivity index (χ1n) is 6.04. The van der Waals surface area contributed by atoms with Gasteiger partial charge >= 0.3 is 5.97 Å². The zero-order chi connectivity index (χ0) is 14.3. The Morgan fingerprint density at radius 3 is 2.26 bits per heavy atom. The zero-order valence-corrected chi connectivity index (χ0v) is 11.9. The molecule has 19 heavy (non-hydrogen) atoms. The van der Waals surface area contributed by atoms with E-state index in [1.54, 1.807) is 26.0 Å². The van der Waals surface area contributed by atoms with Gasteiger partial charge in [0.05, 0.1) is 17.9 Å². The Hall–Kier alpha value is -1.40. The number of carbonyl (C=O) groups is 1. The van der Waals surface area contributed by atoms with E-state index in [0.29, 0.717) is 18.8 Å².